The number of ether oxygens (including phenoxy) is 1. The highest BCUT2D eigenvalue weighted by Crippen LogP contribution is 2.45. The number of nitro groups is 1. The summed E-state index contributed by atoms with van der Waals surface area (Å²) in [5.41, 5.74) is 4.87. The number of nitro benzene ring substituents is 1. The summed E-state index contributed by atoms with van der Waals surface area (Å²) in [6, 6.07) is 11.6. The van der Waals surface area contributed by atoms with E-state index in [-0.39, 0.29) is 17.2 Å². The molecule has 0 aliphatic carbocycles. The maximum absolute atomic E-state index is 13.3. The molecule has 160 valence electrons. The summed E-state index contributed by atoms with van der Waals surface area (Å²) >= 11 is 0. The van der Waals surface area contributed by atoms with E-state index < -0.39 is 36.7 Å². The molecule has 12 heteroatoms. The lowest BCUT2D eigenvalue weighted by atomic mass is 10.3. The van der Waals surface area contributed by atoms with Gasteiger partial charge < -0.3 is 19.5 Å². The number of non-ortho nitro benzene ring substituents is 1. The van der Waals surface area contributed by atoms with Gasteiger partial charge in [-0.3, -0.25) is 19.7 Å². The Balaban J connectivity index is 2.22. The molecule has 0 heterocycles. The zero-order valence-corrected chi connectivity index (χ0v) is 17.0. The van der Waals surface area contributed by atoms with Crippen LogP contribution in [0.3, 0.4) is 0 Å². The second kappa shape index (κ2) is 9.86. The van der Waals surface area contributed by atoms with Crippen LogP contribution in [0.25, 0.3) is 0 Å². The third-order valence-electron chi connectivity index (χ3n) is 3.64. The lowest BCUT2D eigenvalue weighted by Crippen LogP contribution is -2.40. The normalized spacial score (nSPS) is 14.6. The van der Waals surface area contributed by atoms with Gasteiger partial charge in [-0.05, 0) is 38.1 Å². The van der Waals surface area contributed by atoms with Crippen LogP contribution in [0.2, 0.25) is 0 Å². The number of hydrogen-bond acceptors (Lipinski definition) is 8. The van der Waals surface area contributed by atoms with E-state index in [0.29, 0.717) is 0 Å². The quantitative estimate of drug-likeness (QED) is 0.246. The summed E-state index contributed by atoms with van der Waals surface area (Å²) in [7, 11) is -4.22. The van der Waals surface area contributed by atoms with Crippen LogP contribution in [-0.4, -0.2) is 28.9 Å². The first-order valence-corrected chi connectivity index (χ1v) is 10.2. The number of para-hydroxylation sites is 1. The first-order chi connectivity index (χ1) is 14.1. The van der Waals surface area contributed by atoms with Crippen molar-refractivity contribution < 1.29 is 32.9 Å². The second-order valence-corrected chi connectivity index (χ2v) is 7.69. The molecule has 2 aromatic rings. The summed E-state index contributed by atoms with van der Waals surface area (Å²) < 4.78 is 29.1. The van der Waals surface area contributed by atoms with Crippen molar-refractivity contribution in [3.05, 3.63) is 64.7 Å². The molecule has 11 nitrogen and oxygen atoms in total. The van der Waals surface area contributed by atoms with Crippen molar-refractivity contribution in [1.29, 1.82) is 0 Å². The number of carbonyl (C=O) groups is 2. The maximum Gasteiger partial charge on any atom is 0.513 e. The van der Waals surface area contributed by atoms with E-state index in [0.717, 1.165) is 12.1 Å². The summed E-state index contributed by atoms with van der Waals surface area (Å²) in [6.45, 7) is 2.62. The molecule has 0 aliphatic rings. The number of carbonyl (C=O) groups excluding carboxylic acids is 2. The molecule has 0 bridgehead atoms. The SMILES string of the molecule is C[C@H](NP(=O)(Oc1ccccc1)Oc1ccc([N+](=O)[O-])cc1)C(=O)O[C@@H](C)C(N)=O. The van der Waals surface area contributed by atoms with Crippen molar-refractivity contribution in [3.8, 4) is 11.5 Å². The minimum atomic E-state index is -4.22. The molecule has 0 fully saturated rings. The van der Waals surface area contributed by atoms with Gasteiger partial charge in [0.05, 0.1) is 4.92 Å². The Morgan fingerprint density at radius 1 is 1.03 bits per heavy atom. The van der Waals surface area contributed by atoms with E-state index in [1.807, 2.05) is 0 Å². The van der Waals surface area contributed by atoms with Gasteiger partial charge in [0.2, 0.25) is 0 Å². The van der Waals surface area contributed by atoms with Crippen molar-refractivity contribution in [2.24, 2.45) is 5.73 Å². The van der Waals surface area contributed by atoms with Gasteiger partial charge in [-0.2, -0.15) is 5.09 Å². The van der Waals surface area contributed by atoms with Gasteiger partial charge in [-0.15, -0.1) is 0 Å². The van der Waals surface area contributed by atoms with Crippen molar-refractivity contribution >= 4 is 25.3 Å². The average Bonchev–Trinajstić information content (AvgIpc) is 2.68. The Morgan fingerprint density at radius 2 is 1.57 bits per heavy atom. The van der Waals surface area contributed by atoms with E-state index >= 15 is 0 Å². The Kier molecular flexibility index (Phi) is 7.51. The highest BCUT2D eigenvalue weighted by Gasteiger charge is 2.34. The monoisotopic (exact) mass is 437 g/mol. The maximum atomic E-state index is 13.3. The molecule has 0 aromatic heterocycles. The Bertz CT molecular complexity index is 952. The van der Waals surface area contributed by atoms with E-state index in [1.54, 1.807) is 18.2 Å². The Labute approximate surface area is 171 Å². The molecule has 30 heavy (non-hydrogen) atoms. The van der Waals surface area contributed by atoms with E-state index in [1.165, 1.54) is 38.1 Å². The van der Waals surface area contributed by atoms with Gasteiger partial charge in [-0.1, -0.05) is 18.2 Å². The minimum Gasteiger partial charge on any atom is -0.451 e. The zero-order chi connectivity index (χ0) is 22.3. The number of benzene rings is 2. The summed E-state index contributed by atoms with van der Waals surface area (Å²) in [4.78, 5) is 33.4. The third-order valence-corrected chi connectivity index (χ3v) is 5.25. The van der Waals surface area contributed by atoms with Crippen LogP contribution in [0.15, 0.2) is 54.6 Å². The summed E-state index contributed by atoms with van der Waals surface area (Å²) in [5, 5.41) is 13.2. The van der Waals surface area contributed by atoms with E-state index in [9.17, 15) is 24.3 Å². The average molecular weight is 437 g/mol. The number of amides is 1. The van der Waals surface area contributed by atoms with Crippen LogP contribution in [0.4, 0.5) is 5.69 Å². The van der Waals surface area contributed by atoms with Crippen molar-refractivity contribution in [3.63, 3.8) is 0 Å². The lowest BCUT2D eigenvalue weighted by Gasteiger charge is -2.23. The number of nitrogens with two attached hydrogens (primary N) is 1. The Morgan fingerprint density at radius 3 is 2.07 bits per heavy atom. The third kappa shape index (κ3) is 6.57. The molecule has 0 aliphatic heterocycles. The van der Waals surface area contributed by atoms with Gasteiger partial charge in [0.1, 0.15) is 17.5 Å². The predicted octanol–water partition coefficient (Wildman–Crippen LogP) is 2.56. The molecule has 2 rings (SSSR count). The van der Waals surface area contributed by atoms with Gasteiger partial charge in [-0.25, -0.2) is 4.57 Å². The molecule has 0 radical (unpaired) electrons. The lowest BCUT2D eigenvalue weighted by molar-refractivity contribution is -0.384. The summed E-state index contributed by atoms with van der Waals surface area (Å²) in [6.07, 6.45) is -1.19. The highest BCUT2D eigenvalue weighted by atomic mass is 31.2. The number of nitrogens with zero attached hydrogens (tertiary/aromatic N) is 1. The molecule has 0 spiro atoms. The molecule has 2 aromatic carbocycles. The van der Waals surface area contributed by atoms with Crippen LogP contribution in [0.5, 0.6) is 11.5 Å². The van der Waals surface area contributed by atoms with E-state index in [2.05, 4.69) is 5.09 Å². The van der Waals surface area contributed by atoms with Crippen LogP contribution in [0.1, 0.15) is 13.8 Å². The van der Waals surface area contributed by atoms with Gasteiger partial charge in [0, 0.05) is 12.1 Å². The smallest absolute Gasteiger partial charge is 0.451 e. The van der Waals surface area contributed by atoms with Crippen molar-refractivity contribution in [1.82, 2.24) is 5.09 Å². The first-order valence-electron chi connectivity index (χ1n) is 8.66. The molecule has 1 unspecified atom stereocenters. The van der Waals surface area contributed by atoms with Crippen molar-refractivity contribution in [2.45, 2.75) is 26.0 Å². The first kappa shape index (κ1) is 22.9. The molecule has 0 saturated heterocycles. The topological polar surface area (TPSA) is 160 Å². The molecule has 0 saturated carbocycles. The number of primary amides is 1. The van der Waals surface area contributed by atoms with Gasteiger partial charge >= 0.3 is 13.7 Å². The zero-order valence-electron chi connectivity index (χ0n) is 16.1. The molecule has 3 N–H and O–H groups in total. The predicted molar refractivity (Wildman–Crippen MR) is 106 cm³/mol. The number of nitrogens with one attached hydrogen (secondary N) is 1. The van der Waals surface area contributed by atoms with E-state index in [4.69, 9.17) is 19.5 Å². The fraction of sp³-hybridized carbons (Fsp3) is 0.222. The van der Waals surface area contributed by atoms with Crippen LogP contribution >= 0.6 is 7.75 Å². The largest absolute Gasteiger partial charge is 0.513 e. The van der Waals surface area contributed by atoms with Crippen LogP contribution in [-0.2, 0) is 18.9 Å². The number of esters is 1. The van der Waals surface area contributed by atoms with Crippen molar-refractivity contribution in [2.75, 3.05) is 0 Å². The van der Waals surface area contributed by atoms with Gasteiger partial charge in [0.15, 0.2) is 6.10 Å². The second-order valence-electron chi connectivity index (χ2n) is 6.08. The fourth-order valence-electron chi connectivity index (χ4n) is 2.08. The number of rotatable bonds is 10. The molecular weight excluding hydrogens is 417 g/mol. The van der Waals surface area contributed by atoms with Crippen LogP contribution < -0.4 is 19.9 Å². The standard InChI is InChI=1S/C18H20N3O8P/c1-12(18(23)27-13(2)17(19)22)20-30(26,28-15-6-4-3-5-7-15)29-16-10-8-14(9-11-16)21(24)25/h3-13H,1-2H3,(H2,19,22)(H,20,26)/t12-,13-,30?/m0/s1. The van der Waals surface area contributed by atoms with Gasteiger partial charge in [0.25, 0.3) is 11.6 Å². The molecule has 3 atom stereocenters. The van der Waals surface area contributed by atoms with Crippen LogP contribution in [0, 0.1) is 10.1 Å². The molecule has 1 amide bonds. The summed E-state index contributed by atoms with van der Waals surface area (Å²) in [5.74, 6) is -1.58. The highest BCUT2D eigenvalue weighted by molar-refractivity contribution is 7.52. The fourth-order valence-corrected chi connectivity index (χ4v) is 3.60. The molecular formula is C18H20N3O8P. The Hall–Kier alpha value is -3.43. The number of hydrogen-bond donors (Lipinski definition) is 2. The minimum absolute atomic E-state index is 0.00145.